The van der Waals surface area contributed by atoms with Crippen molar-refractivity contribution >= 4 is 29.2 Å². The number of anilines is 2. The lowest BCUT2D eigenvalue weighted by atomic mass is 10.1. The molecule has 0 bridgehead atoms. The molecule has 4 rings (SSSR count). The first-order valence-corrected chi connectivity index (χ1v) is 9.79. The van der Waals surface area contributed by atoms with Crippen LogP contribution < -0.4 is 9.80 Å². The van der Waals surface area contributed by atoms with Crippen LogP contribution in [0.15, 0.2) is 59.5 Å². The molecule has 1 atom stereocenters. The van der Waals surface area contributed by atoms with Crippen molar-refractivity contribution in [1.82, 2.24) is 4.90 Å². The number of hydrogen-bond donors (Lipinski definition) is 0. The zero-order chi connectivity index (χ0) is 17.2. The molecule has 1 fully saturated rings. The minimum absolute atomic E-state index is 0.370. The van der Waals surface area contributed by atoms with Gasteiger partial charge in [-0.05, 0) is 36.9 Å². The molecule has 25 heavy (non-hydrogen) atoms. The summed E-state index contributed by atoms with van der Waals surface area (Å²) >= 11 is 1.92. The van der Waals surface area contributed by atoms with Gasteiger partial charge in [-0.2, -0.15) is 0 Å². The highest BCUT2D eigenvalue weighted by Gasteiger charge is 2.24. The summed E-state index contributed by atoms with van der Waals surface area (Å²) in [5.74, 6) is 0. The van der Waals surface area contributed by atoms with Crippen LogP contribution >= 0.6 is 11.8 Å². The van der Waals surface area contributed by atoms with Crippen LogP contribution in [0.5, 0.6) is 0 Å². The van der Waals surface area contributed by atoms with Crippen molar-refractivity contribution in [1.29, 1.82) is 0 Å². The van der Waals surface area contributed by atoms with E-state index in [0.717, 1.165) is 26.2 Å². The topological polar surface area (TPSA) is 9.72 Å². The molecule has 130 valence electrons. The maximum absolute atomic E-state index is 2.48. The Bertz CT molecular complexity index is 748. The van der Waals surface area contributed by atoms with Gasteiger partial charge in [0, 0.05) is 43.8 Å². The summed E-state index contributed by atoms with van der Waals surface area (Å²) in [5.41, 5.74) is 3.93. The summed E-state index contributed by atoms with van der Waals surface area (Å²) in [6.45, 7) is 4.53. The summed E-state index contributed by atoms with van der Waals surface area (Å²) in [7, 11) is 4.37. The Labute approximate surface area is 154 Å². The molecule has 0 N–H and O–H groups in total. The number of hydrogen-bond acceptors (Lipinski definition) is 4. The van der Waals surface area contributed by atoms with Crippen molar-refractivity contribution in [3.63, 3.8) is 0 Å². The lowest BCUT2D eigenvalue weighted by Gasteiger charge is -2.34. The lowest BCUT2D eigenvalue weighted by molar-refractivity contribution is 0.313. The number of benzene rings is 2. The zero-order valence-electron chi connectivity index (χ0n) is 14.9. The number of para-hydroxylation sites is 1. The van der Waals surface area contributed by atoms with Crippen LogP contribution in [0, 0.1) is 0 Å². The van der Waals surface area contributed by atoms with Crippen molar-refractivity contribution in [2.75, 3.05) is 50.1 Å². The Morgan fingerprint density at radius 2 is 1.64 bits per heavy atom. The highest BCUT2D eigenvalue weighted by Crippen LogP contribution is 2.42. The molecule has 2 aliphatic rings. The van der Waals surface area contributed by atoms with E-state index in [0.29, 0.717) is 5.37 Å². The Kier molecular flexibility index (Phi) is 4.73. The molecule has 1 saturated heterocycles. The van der Waals surface area contributed by atoms with Crippen LogP contribution in [-0.2, 0) is 0 Å². The van der Waals surface area contributed by atoms with Gasteiger partial charge in [0.1, 0.15) is 0 Å². The molecule has 0 aliphatic carbocycles. The number of thioether (sulfide) groups is 1. The SMILES string of the molecule is CN1CCN(c2ccc(/C=C/C3Sc4ccccc4N3C)cc2)CC1. The van der Waals surface area contributed by atoms with E-state index in [2.05, 4.69) is 89.5 Å². The largest absolute Gasteiger partial charge is 0.369 e. The highest BCUT2D eigenvalue weighted by molar-refractivity contribution is 8.00. The fourth-order valence-electron chi connectivity index (χ4n) is 3.42. The second-order valence-electron chi connectivity index (χ2n) is 6.83. The van der Waals surface area contributed by atoms with Gasteiger partial charge in [0.25, 0.3) is 0 Å². The maximum atomic E-state index is 2.48. The van der Waals surface area contributed by atoms with E-state index < -0.39 is 0 Å². The number of likely N-dealkylation sites (N-methyl/N-ethyl adjacent to an activating group) is 2. The van der Waals surface area contributed by atoms with Crippen LogP contribution in [-0.4, -0.2) is 50.5 Å². The summed E-state index contributed by atoms with van der Waals surface area (Å²) < 4.78 is 0. The third kappa shape index (κ3) is 3.55. The molecule has 0 radical (unpaired) electrons. The predicted molar refractivity (Wildman–Crippen MR) is 110 cm³/mol. The van der Waals surface area contributed by atoms with Gasteiger partial charge in [0.2, 0.25) is 0 Å². The van der Waals surface area contributed by atoms with E-state index in [1.54, 1.807) is 0 Å². The molecule has 0 amide bonds. The number of nitrogens with zero attached hydrogens (tertiary/aromatic N) is 3. The van der Waals surface area contributed by atoms with Crippen molar-refractivity contribution in [2.45, 2.75) is 10.3 Å². The van der Waals surface area contributed by atoms with Crippen LogP contribution in [0.3, 0.4) is 0 Å². The predicted octanol–water partition coefficient (Wildman–Crippen LogP) is 4.02. The molecular formula is C21H25N3S. The molecule has 2 heterocycles. The minimum atomic E-state index is 0.370. The monoisotopic (exact) mass is 351 g/mol. The fraction of sp³-hybridized carbons (Fsp3) is 0.333. The fourth-order valence-corrected chi connectivity index (χ4v) is 4.60. The molecule has 1 unspecified atom stereocenters. The van der Waals surface area contributed by atoms with E-state index in [9.17, 15) is 0 Å². The average Bonchev–Trinajstić information content (AvgIpc) is 2.97. The quantitative estimate of drug-likeness (QED) is 0.826. The van der Waals surface area contributed by atoms with E-state index in [4.69, 9.17) is 0 Å². The Morgan fingerprint density at radius 3 is 2.36 bits per heavy atom. The Balaban J connectivity index is 1.41. The van der Waals surface area contributed by atoms with Gasteiger partial charge in [0.15, 0.2) is 0 Å². The summed E-state index contributed by atoms with van der Waals surface area (Å²) in [5, 5.41) is 0.370. The second kappa shape index (κ2) is 7.14. The van der Waals surface area contributed by atoms with Gasteiger partial charge < -0.3 is 14.7 Å². The Hall–Kier alpha value is -1.91. The molecule has 4 heteroatoms. The molecule has 3 nitrogen and oxygen atoms in total. The van der Waals surface area contributed by atoms with Crippen LogP contribution in [0.1, 0.15) is 5.56 Å². The van der Waals surface area contributed by atoms with Gasteiger partial charge in [-0.1, -0.05) is 48.2 Å². The van der Waals surface area contributed by atoms with Crippen LogP contribution in [0.2, 0.25) is 0 Å². The van der Waals surface area contributed by atoms with Gasteiger partial charge in [-0.15, -0.1) is 0 Å². The van der Waals surface area contributed by atoms with E-state index in [-0.39, 0.29) is 0 Å². The Morgan fingerprint density at radius 1 is 0.920 bits per heavy atom. The van der Waals surface area contributed by atoms with Crippen molar-refractivity contribution < 1.29 is 0 Å². The molecular weight excluding hydrogens is 326 g/mol. The summed E-state index contributed by atoms with van der Waals surface area (Å²) in [4.78, 5) is 8.58. The molecule has 0 saturated carbocycles. The van der Waals surface area contributed by atoms with Gasteiger partial charge >= 0.3 is 0 Å². The standard InChI is InChI=1S/C21H25N3S/c1-22-13-15-24(16-14-22)18-10-7-17(8-11-18)9-12-21-23(2)19-5-3-4-6-20(19)25-21/h3-12,21H,13-16H2,1-2H3/b12-9+. The summed E-state index contributed by atoms with van der Waals surface area (Å²) in [6, 6.07) is 17.6. The minimum Gasteiger partial charge on any atom is -0.369 e. The van der Waals surface area contributed by atoms with Gasteiger partial charge in [-0.25, -0.2) is 0 Å². The van der Waals surface area contributed by atoms with Crippen molar-refractivity contribution in [3.05, 3.63) is 60.2 Å². The molecule has 0 spiro atoms. The van der Waals surface area contributed by atoms with Crippen molar-refractivity contribution in [3.8, 4) is 0 Å². The maximum Gasteiger partial charge on any atom is 0.0983 e. The van der Waals surface area contributed by atoms with Crippen LogP contribution in [0.4, 0.5) is 11.4 Å². The first kappa shape index (κ1) is 16.6. The van der Waals surface area contributed by atoms with Crippen LogP contribution in [0.25, 0.3) is 6.08 Å². The number of rotatable bonds is 3. The van der Waals surface area contributed by atoms with Gasteiger partial charge in [-0.3, -0.25) is 0 Å². The van der Waals surface area contributed by atoms with E-state index >= 15 is 0 Å². The van der Waals surface area contributed by atoms with Crippen molar-refractivity contribution in [2.24, 2.45) is 0 Å². The van der Waals surface area contributed by atoms with E-state index in [1.807, 2.05) is 11.8 Å². The van der Waals surface area contributed by atoms with Gasteiger partial charge in [0.05, 0.1) is 11.1 Å². The molecule has 2 aromatic rings. The normalized spacial score (nSPS) is 21.1. The third-order valence-electron chi connectivity index (χ3n) is 5.09. The summed E-state index contributed by atoms with van der Waals surface area (Å²) in [6.07, 6.45) is 4.54. The second-order valence-corrected chi connectivity index (χ2v) is 7.99. The zero-order valence-corrected chi connectivity index (χ0v) is 15.7. The first-order valence-electron chi connectivity index (χ1n) is 8.91. The molecule has 2 aromatic carbocycles. The highest BCUT2D eigenvalue weighted by atomic mass is 32.2. The van der Waals surface area contributed by atoms with E-state index in [1.165, 1.54) is 21.8 Å². The molecule has 2 aliphatic heterocycles. The first-order chi connectivity index (χ1) is 12.2. The molecule has 0 aromatic heterocycles. The average molecular weight is 352 g/mol. The third-order valence-corrected chi connectivity index (χ3v) is 6.40. The number of fused-ring (bicyclic) bond motifs is 1. The number of piperazine rings is 1. The lowest BCUT2D eigenvalue weighted by Crippen LogP contribution is -2.44. The smallest absolute Gasteiger partial charge is 0.0983 e.